The van der Waals surface area contributed by atoms with Crippen molar-refractivity contribution in [1.29, 1.82) is 0 Å². The molecular formula is C20H32FN5O. The molecule has 1 atom stereocenters. The van der Waals surface area contributed by atoms with Crippen LogP contribution in [0.25, 0.3) is 0 Å². The summed E-state index contributed by atoms with van der Waals surface area (Å²) in [6, 6.07) is 5.36. The molecule has 1 aliphatic rings. The molecule has 0 saturated carbocycles. The Hall–Kier alpha value is -2.15. The highest BCUT2D eigenvalue weighted by atomic mass is 19.1. The molecule has 1 aromatic rings. The van der Waals surface area contributed by atoms with Crippen LogP contribution < -0.4 is 10.6 Å². The molecule has 1 unspecified atom stereocenters. The van der Waals surface area contributed by atoms with Crippen LogP contribution in [0, 0.1) is 5.82 Å². The lowest BCUT2D eigenvalue weighted by atomic mass is 10.1. The van der Waals surface area contributed by atoms with E-state index in [2.05, 4.69) is 15.6 Å². The van der Waals surface area contributed by atoms with Gasteiger partial charge in [0.05, 0.1) is 6.54 Å². The first-order valence-corrected chi connectivity index (χ1v) is 9.67. The average Bonchev–Trinajstić information content (AvgIpc) is 3.09. The van der Waals surface area contributed by atoms with Gasteiger partial charge in [-0.3, -0.25) is 4.79 Å². The summed E-state index contributed by atoms with van der Waals surface area (Å²) in [7, 11) is 3.84. The number of likely N-dealkylation sites (tertiary alicyclic amines) is 1. The fourth-order valence-electron chi connectivity index (χ4n) is 3.20. The molecule has 1 amide bonds. The molecule has 0 bridgehead atoms. The van der Waals surface area contributed by atoms with Crippen LogP contribution in [0.2, 0.25) is 0 Å². The molecule has 1 heterocycles. The minimum Gasteiger partial charge on any atom is -0.357 e. The third-order valence-corrected chi connectivity index (χ3v) is 4.54. The van der Waals surface area contributed by atoms with E-state index in [1.807, 2.05) is 43.8 Å². The first-order chi connectivity index (χ1) is 12.9. The van der Waals surface area contributed by atoms with Gasteiger partial charge >= 0.3 is 0 Å². The maximum atomic E-state index is 13.9. The molecule has 0 aliphatic carbocycles. The Labute approximate surface area is 161 Å². The van der Waals surface area contributed by atoms with Crippen LogP contribution in [-0.4, -0.2) is 61.4 Å². The molecule has 1 aromatic carbocycles. The Morgan fingerprint density at radius 1 is 1.37 bits per heavy atom. The quantitative estimate of drug-likeness (QED) is 0.563. The number of rotatable bonds is 7. The Morgan fingerprint density at radius 3 is 2.81 bits per heavy atom. The summed E-state index contributed by atoms with van der Waals surface area (Å²) in [5.74, 6) is 0.737. The summed E-state index contributed by atoms with van der Waals surface area (Å²) < 4.78 is 13.9. The number of hydrogen-bond acceptors (Lipinski definition) is 3. The van der Waals surface area contributed by atoms with Gasteiger partial charge in [0.2, 0.25) is 5.91 Å². The van der Waals surface area contributed by atoms with Gasteiger partial charge in [-0.05, 0) is 45.1 Å². The number of carbonyl (C=O) groups is 1. The monoisotopic (exact) mass is 377 g/mol. The van der Waals surface area contributed by atoms with Crippen LogP contribution in [0.5, 0.6) is 0 Å². The van der Waals surface area contributed by atoms with E-state index in [1.165, 1.54) is 6.07 Å². The molecule has 7 heteroatoms. The number of hydrogen-bond donors (Lipinski definition) is 2. The summed E-state index contributed by atoms with van der Waals surface area (Å²) in [4.78, 5) is 20.3. The van der Waals surface area contributed by atoms with Gasteiger partial charge in [-0.1, -0.05) is 13.0 Å². The smallest absolute Gasteiger partial charge is 0.222 e. The van der Waals surface area contributed by atoms with E-state index in [1.54, 1.807) is 6.07 Å². The van der Waals surface area contributed by atoms with Crippen LogP contribution >= 0.6 is 0 Å². The zero-order valence-corrected chi connectivity index (χ0v) is 16.9. The summed E-state index contributed by atoms with van der Waals surface area (Å²) in [6.07, 6.45) is 1.46. The molecule has 27 heavy (non-hydrogen) atoms. The maximum Gasteiger partial charge on any atom is 0.222 e. The van der Waals surface area contributed by atoms with Crippen molar-refractivity contribution in [2.45, 2.75) is 45.8 Å². The molecular weight excluding hydrogens is 345 g/mol. The summed E-state index contributed by atoms with van der Waals surface area (Å²) in [5, 5.41) is 6.67. The summed E-state index contributed by atoms with van der Waals surface area (Å²) in [5.41, 5.74) is 1.65. The highest BCUT2D eigenvalue weighted by Crippen LogP contribution is 2.14. The van der Waals surface area contributed by atoms with E-state index in [0.29, 0.717) is 31.6 Å². The average molecular weight is 378 g/mol. The normalized spacial score (nSPS) is 17.5. The highest BCUT2D eigenvalue weighted by molar-refractivity contribution is 5.80. The molecule has 0 spiro atoms. The minimum absolute atomic E-state index is 0.187. The van der Waals surface area contributed by atoms with E-state index in [0.717, 1.165) is 31.0 Å². The number of nitrogens with one attached hydrogen (secondary N) is 2. The van der Waals surface area contributed by atoms with Crippen molar-refractivity contribution < 1.29 is 9.18 Å². The van der Waals surface area contributed by atoms with Gasteiger partial charge in [0, 0.05) is 44.2 Å². The predicted octanol–water partition coefficient (Wildman–Crippen LogP) is 1.95. The third-order valence-electron chi connectivity index (χ3n) is 4.54. The molecule has 2 N–H and O–H groups in total. The zero-order chi connectivity index (χ0) is 19.8. The molecule has 0 radical (unpaired) electrons. The second-order valence-corrected chi connectivity index (χ2v) is 7.18. The molecule has 1 fully saturated rings. The number of benzene rings is 1. The number of guanidine groups is 1. The van der Waals surface area contributed by atoms with Gasteiger partial charge in [-0.15, -0.1) is 0 Å². The van der Waals surface area contributed by atoms with Crippen LogP contribution in [0.1, 0.15) is 37.8 Å². The third kappa shape index (κ3) is 6.50. The van der Waals surface area contributed by atoms with Crippen LogP contribution in [0.4, 0.5) is 4.39 Å². The lowest BCUT2D eigenvalue weighted by Gasteiger charge is -2.18. The fraction of sp³-hybridized carbons (Fsp3) is 0.600. The van der Waals surface area contributed by atoms with Crippen molar-refractivity contribution in [3.8, 4) is 0 Å². The first kappa shape index (κ1) is 21.2. The van der Waals surface area contributed by atoms with E-state index in [-0.39, 0.29) is 17.8 Å². The Bertz CT molecular complexity index is 662. The van der Waals surface area contributed by atoms with Crippen molar-refractivity contribution in [2.75, 3.05) is 33.7 Å². The van der Waals surface area contributed by atoms with Crippen molar-refractivity contribution in [3.05, 3.63) is 35.1 Å². The Kier molecular flexibility index (Phi) is 8.03. The molecule has 2 rings (SSSR count). The first-order valence-electron chi connectivity index (χ1n) is 9.67. The molecule has 1 saturated heterocycles. The number of aliphatic imine (C=N–C) groups is 1. The second-order valence-electron chi connectivity index (χ2n) is 7.18. The Balaban J connectivity index is 2.00. The van der Waals surface area contributed by atoms with Gasteiger partial charge in [0.15, 0.2) is 5.96 Å². The number of carbonyl (C=O) groups excluding carboxylic acids is 1. The van der Waals surface area contributed by atoms with Gasteiger partial charge < -0.3 is 20.4 Å². The van der Waals surface area contributed by atoms with E-state index < -0.39 is 0 Å². The summed E-state index contributed by atoms with van der Waals surface area (Å²) in [6.45, 7) is 7.20. The maximum absolute atomic E-state index is 13.9. The van der Waals surface area contributed by atoms with E-state index >= 15 is 0 Å². The van der Waals surface area contributed by atoms with Crippen molar-refractivity contribution in [2.24, 2.45) is 4.99 Å². The fourth-order valence-corrected chi connectivity index (χ4v) is 3.20. The molecule has 6 nitrogen and oxygen atoms in total. The molecule has 0 aromatic heterocycles. The van der Waals surface area contributed by atoms with Gasteiger partial charge in [-0.2, -0.15) is 0 Å². The lowest BCUT2D eigenvalue weighted by Crippen LogP contribution is -2.45. The van der Waals surface area contributed by atoms with Crippen molar-refractivity contribution in [3.63, 3.8) is 0 Å². The zero-order valence-electron chi connectivity index (χ0n) is 16.9. The Morgan fingerprint density at radius 2 is 2.15 bits per heavy atom. The van der Waals surface area contributed by atoms with E-state index in [4.69, 9.17) is 0 Å². The molecule has 150 valence electrons. The van der Waals surface area contributed by atoms with Gasteiger partial charge in [0.1, 0.15) is 5.82 Å². The van der Waals surface area contributed by atoms with Crippen LogP contribution in [0.15, 0.2) is 23.2 Å². The van der Waals surface area contributed by atoms with Crippen molar-refractivity contribution >= 4 is 11.9 Å². The van der Waals surface area contributed by atoms with Crippen LogP contribution in [-0.2, 0) is 17.9 Å². The second kappa shape index (κ2) is 10.3. The standard InChI is InChI=1S/C20H32FN5O/c1-5-19(27)26-10-9-17(14-26)24-20(22-6-2)23-12-15-7-8-18(21)16(11-15)13-25(3)4/h7-8,11,17H,5-6,9-10,12-14H2,1-4H3,(H2,22,23,24). The summed E-state index contributed by atoms with van der Waals surface area (Å²) >= 11 is 0. The highest BCUT2D eigenvalue weighted by Gasteiger charge is 2.25. The number of halogens is 1. The lowest BCUT2D eigenvalue weighted by molar-refractivity contribution is -0.129. The van der Waals surface area contributed by atoms with E-state index in [9.17, 15) is 9.18 Å². The minimum atomic E-state index is -0.187. The number of nitrogens with zero attached hydrogens (tertiary/aromatic N) is 3. The number of amides is 1. The van der Waals surface area contributed by atoms with Gasteiger partial charge in [0.25, 0.3) is 0 Å². The van der Waals surface area contributed by atoms with Crippen molar-refractivity contribution in [1.82, 2.24) is 20.4 Å². The van der Waals surface area contributed by atoms with Crippen LogP contribution in [0.3, 0.4) is 0 Å². The largest absolute Gasteiger partial charge is 0.357 e. The molecule has 1 aliphatic heterocycles. The predicted molar refractivity (Wildman–Crippen MR) is 107 cm³/mol. The topological polar surface area (TPSA) is 60.0 Å². The van der Waals surface area contributed by atoms with Gasteiger partial charge in [-0.25, -0.2) is 9.38 Å². The SMILES string of the molecule is CCNC(=NCc1ccc(F)c(CN(C)C)c1)NC1CCN(C(=O)CC)C1.